The third-order valence-corrected chi connectivity index (χ3v) is 20.7. The van der Waals surface area contributed by atoms with Crippen molar-refractivity contribution in [3.05, 3.63) is 89.5 Å². The van der Waals surface area contributed by atoms with Gasteiger partial charge in [0.1, 0.15) is 28.9 Å². The third-order valence-electron chi connectivity index (χ3n) is 11.3. The first kappa shape index (κ1) is 62.1. The molecule has 1 atom stereocenters. The normalized spacial score (nSPS) is 12.1. The summed E-state index contributed by atoms with van der Waals surface area (Å²) in [7, 11) is -2.36. The smallest absolute Gasteiger partial charge is 0.415 e. The number of nitrogens with one attached hydrogen (secondary N) is 2. The SMILES string of the molecule is CC(C)(C)[Si](C)(C)Oc1ccc(CBr)cc1.CCc1ccc(OC(=O)N(CC)CCNC(=O)[C@@H](CC(C)C)NC(=O)OC(C)(C)C)cc1.CCc1ccc(O[Si](C)(C)C(C)(C)C)cc1.CO. The van der Waals surface area contributed by atoms with E-state index in [9.17, 15) is 14.4 Å². The van der Waals surface area contributed by atoms with Crippen LogP contribution in [-0.2, 0) is 27.7 Å². The molecule has 0 aromatic heterocycles. The van der Waals surface area contributed by atoms with Crippen LogP contribution in [0.15, 0.2) is 72.8 Å². The molecule has 0 saturated carbocycles. The monoisotopic (exact) mass is 1020 g/mol. The van der Waals surface area contributed by atoms with E-state index in [-0.39, 0.29) is 35.0 Å². The number of amides is 3. The van der Waals surface area contributed by atoms with Crippen molar-refractivity contribution in [2.24, 2.45) is 5.92 Å². The lowest BCUT2D eigenvalue weighted by atomic mass is 10.0. The third kappa shape index (κ3) is 24.2. The molecule has 66 heavy (non-hydrogen) atoms. The molecule has 11 nitrogen and oxygen atoms in total. The number of hydrogen-bond donors (Lipinski definition) is 3. The highest BCUT2D eigenvalue weighted by Crippen LogP contribution is 2.38. The van der Waals surface area contributed by atoms with Gasteiger partial charge in [-0.1, -0.05) is 122 Å². The number of aryl methyl sites for hydroxylation is 2. The van der Waals surface area contributed by atoms with Crippen LogP contribution in [0.2, 0.25) is 36.3 Å². The van der Waals surface area contributed by atoms with Crippen molar-refractivity contribution in [2.75, 3.05) is 26.7 Å². The van der Waals surface area contributed by atoms with Gasteiger partial charge in [-0.3, -0.25) is 4.79 Å². The van der Waals surface area contributed by atoms with Gasteiger partial charge in [-0.25, -0.2) is 9.59 Å². The standard InChI is InChI=1S/C24H39N3O5.C14H24OSi.C13H21BrOSi.CH4O/c1-8-18-10-12-19(13-11-18)31-23(30)27(9-2)15-14-25-21(28)20(16-17(3)4)26-22(29)32-24(5,6)7;1-7-12-8-10-13(11-9-12)15-16(5,6)14(2,3)4;1-13(2,3)16(4,5)15-12-8-6-11(10-14)7-9-12;1-2/h10-13,17,20H,8-9,14-16H2,1-7H3,(H,25,28)(H,26,29);8-11H,7H2,1-6H3;6-9H,10H2,1-5H3;2H,1H3/t20-;;;/m1.../s1. The number of alkyl carbamates (subject to hydrolysis) is 1. The average Bonchev–Trinajstić information content (AvgIpc) is 3.22. The highest BCUT2D eigenvalue weighted by molar-refractivity contribution is 9.08. The van der Waals surface area contributed by atoms with E-state index in [0.29, 0.717) is 18.7 Å². The Labute approximate surface area is 410 Å². The van der Waals surface area contributed by atoms with Gasteiger partial charge >= 0.3 is 12.2 Å². The molecule has 3 aromatic rings. The lowest BCUT2D eigenvalue weighted by molar-refractivity contribution is -0.123. The number of hydrogen-bond acceptors (Lipinski definition) is 8. The van der Waals surface area contributed by atoms with Crippen LogP contribution >= 0.6 is 15.9 Å². The molecule has 3 rings (SSSR count). The van der Waals surface area contributed by atoms with Crippen LogP contribution in [0, 0.1) is 5.92 Å². The molecule has 3 N–H and O–H groups in total. The van der Waals surface area contributed by atoms with Gasteiger partial charge in [0.2, 0.25) is 22.5 Å². The lowest BCUT2D eigenvalue weighted by Crippen LogP contribution is -2.50. The number of benzene rings is 3. The van der Waals surface area contributed by atoms with Crippen LogP contribution < -0.4 is 24.2 Å². The Bertz CT molecular complexity index is 1760. The van der Waals surface area contributed by atoms with E-state index in [4.69, 9.17) is 23.4 Å². The minimum atomic E-state index is -1.69. The van der Waals surface area contributed by atoms with E-state index < -0.39 is 40.5 Å². The Kier molecular flexibility index (Phi) is 27.4. The first-order valence-electron chi connectivity index (χ1n) is 23.4. The zero-order valence-corrected chi connectivity index (χ0v) is 47.7. The van der Waals surface area contributed by atoms with E-state index in [2.05, 4.69) is 157 Å². The number of carbonyl (C=O) groups is 3. The molecule has 0 radical (unpaired) electrons. The number of halogens is 1. The maximum absolute atomic E-state index is 12.7. The minimum Gasteiger partial charge on any atom is -0.544 e. The molecule has 0 bridgehead atoms. The number of alkyl halides is 1. The number of ether oxygens (including phenoxy) is 2. The van der Waals surface area contributed by atoms with Crippen molar-refractivity contribution >= 4 is 50.7 Å². The Balaban J connectivity index is 0.00000104. The summed E-state index contributed by atoms with van der Waals surface area (Å²) in [6.07, 6.45) is 1.36. The predicted octanol–water partition coefficient (Wildman–Crippen LogP) is 13.3. The topological polar surface area (TPSA) is 136 Å². The van der Waals surface area contributed by atoms with Crippen LogP contribution in [0.3, 0.4) is 0 Å². The molecular formula is C52H88BrN3O8Si2. The summed E-state index contributed by atoms with van der Waals surface area (Å²) in [5.74, 6) is 2.37. The molecule has 0 unspecified atom stereocenters. The highest BCUT2D eigenvalue weighted by Gasteiger charge is 2.40. The molecule has 3 aromatic carbocycles. The van der Waals surface area contributed by atoms with E-state index in [1.807, 2.05) is 32.9 Å². The molecule has 374 valence electrons. The van der Waals surface area contributed by atoms with E-state index in [1.165, 1.54) is 16.0 Å². The molecule has 3 amide bonds. The van der Waals surface area contributed by atoms with Crippen molar-refractivity contribution < 1.29 is 37.8 Å². The van der Waals surface area contributed by atoms with Gasteiger partial charge in [0.25, 0.3) is 0 Å². The predicted molar refractivity (Wildman–Crippen MR) is 283 cm³/mol. The number of rotatable bonds is 16. The molecule has 0 aliphatic heterocycles. The summed E-state index contributed by atoms with van der Waals surface area (Å²) in [5.41, 5.74) is 3.16. The fourth-order valence-electron chi connectivity index (χ4n) is 5.26. The lowest BCUT2D eigenvalue weighted by Gasteiger charge is -2.36. The summed E-state index contributed by atoms with van der Waals surface area (Å²) in [6.45, 7) is 38.9. The van der Waals surface area contributed by atoms with Crippen molar-refractivity contribution in [1.29, 1.82) is 0 Å². The first-order chi connectivity index (χ1) is 30.5. The quantitative estimate of drug-likeness (QED) is 0.0953. The van der Waals surface area contributed by atoms with Crippen LogP contribution in [0.5, 0.6) is 17.2 Å². The van der Waals surface area contributed by atoms with Crippen molar-refractivity contribution in [1.82, 2.24) is 15.5 Å². The summed E-state index contributed by atoms with van der Waals surface area (Å²) >= 11 is 3.44. The number of likely N-dealkylation sites (N-methyl/N-ethyl adjacent to an activating group) is 1. The fraction of sp³-hybridized carbons (Fsp3) is 0.596. The van der Waals surface area contributed by atoms with Crippen LogP contribution in [-0.4, -0.2) is 83.1 Å². The summed E-state index contributed by atoms with van der Waals surface area (Å²) in [6, 6.07) is 23.5. The fourth-order valence-corrected chi connectivity index (χ4v) is 7.70. The van der Waals surface area contributed by atoms with Crippen LogP contribution in [0.4, 0.5) is 9.59 Å². The van der Waals surface area contributed by atoms with Crippen LogP contribution in [0.25, 0.3) is 0 Å². The van der Waals surface area contributed by atoms with Crippen molar-refractivity contribution in [3.8, 4) is 17.2 Å². The maximum Gasteiger partial charge on any atom is 0.415 e. The molecule has 0 heterocycles. The van der Waals surface area contributed by atoms with E-state index in [0.717, 1.165) is 42.3 Å². The summed E-state index contributed by atoms with van der Waals surface area (Å²) in [5, 5.41) is 13.8. The van der Waals surface area contributed by atoms with Crippen LogP contribution in [0.1, 0.15) is 120 Å². The highest BCUT2D eigenvalue weighted by atomic mass is 79.9. The number of carbonyl (C=O) groups excluding carboxylic acids is 3. The molecule has 0 aliphatic carbocycles. The second-order valence-corrected chi connectivity index (χ2v) is 30.6. The second kappa shape index (κ2) is 29.1. The Hall–Kier alpha value is -3.86. The van der Waals surface area contributed by atoms with Gasteiger partial charge in [0, 0.05) is 32.1 Å². The zero-order valence-electron chi connectivity index (χ0n) is 44.2. The van der Waals surface area contributed by atoms with Gasteiger partial charge in [0.15, 0.2) is 0 Å². The van der Waals surface area contributed by atoms with Crippen molar-refractivity contribution in [2.45, 2.75) is 169 Å². The average molecular weight is 1020 g/mol. The maximum atomic E-state index is 12.7. The first-order valence-corrected chi connectivity index (χ1v) is 30.3. The Morgan fingerprint density at radius 3 is 1.39 bits per heavy atom. The van der Waals surface area contributed by atoms with Gasteiger partial charge < -0.3 is 39.0 Å². The number of aliphatic hydroxyl groups is 1. The number of nitrogens with zero attached hydrogens (tertiary/aromatic N) is 1. The second-order valence-electron chi connectivity index (χ2n) is 20.6. The van der Waals surface area contributed by atoms with Gasteiger partial charge in [-0.15, -0.1) is 0 Å². The molecule has 0 aliphatic rings. The Morgan fingerprint density at radius 1 is 0.667 bits per heavy atom. The molecule has 0 saturated heterocycles. The van der Waals surface area contributed by atoms with E-state index >= 15 is 0 Å². The summed E-state index contributed by atoms with van der Waals surface area (Å²) < 4.78 is 23.1. The van der Waals surface area contributed by atoms with E-state index in [1.54, 1.807) is 32.9 Å². The molecule has 0 fully saturated rings. The Morgan fingerprint density at radius 2 is 1.06 bits per heavy atom. The summed E-state index contributed by atoms with van der Waals surface area (Å²) in [4.78, 5) is 38.7. The van der Waals surface area contributed by atoms with Crippen molar-refractivity contribution in [3.63, 3.8) is 0 Å². The minimum absolute atomic E-state index is 0.196. The largest absolute Gasteiger partial charge is 0.544 e. The van der Waals surface area contributed by atoms with Gasteiger partial charge in [-0.05, 0) is 142 Å². The van der Waals surface area contributed by atoms with Gasteiger partial charge in [0.05, 0.1) is 0 Å². The molecule has 0 spiro atoms. The molecule has 14 heteroatoms. The van der Waals surface area contributed by atoms with Gasteiger partial charge in [-0.2, -0.15) is 0 Å². The zero-order chi connectivity index (χ0) is 51.1. The number of aliphatic hydroxyl groups excluding tert-OH is 1. The molecular weight excluding hydrogens is 931 g/mol.